The zero-order valence-corrected chi connectivity index (χ0v) is 14.4. The topological polar surface area (TPSA) is 60.9 Å². The molecule has 0 spiro atoms. The number of hydrogen-bond acceptors (Lipinski definition) is 3. The van der Waals surface area contributed by atoms with E-state index < -0.39 is 12.1 Å². The second-order valence-electron chi connectivity index (χ2n) is 6.49. The smallest absolute Gasteiger partial charge is 0.246 e. The van der Waals surface area contributed by atoms with Crippen LogP contribution in [0.25, 0.3) is 0 Å². The van der Waals surface area contributed by atoms with Crippen molar-refractivity contribution in [3.63, 3.8) is 0 Å². The monoisotopic (exact) mass is 338 g/mol. The summed E-state index contributed by atoms with van der Waals surface area (Å²) in [5, 5.41) is 9.39. The fraction of sp³-hybridized carbons (Fsp3) is 0.300. The van der Waals surface area contributed by atoms with E-state index in [0.717, 1.165) is 11.1 Å². The van der Waals surface area contributed by atoms with E-state index in [-0.39, 0.29) is 17.6 Å². The number of benzene rings is 2. The number of phenols is 1. The van der Waals surface area contributed by atoms with E-state index in [1.165, 1.54) is 0 Å². The summed E-state index contributed by atoms with van der Waals surface area (Å²) >= 11 is 0. The van der Waals surface area contributed by atoms with Crippen molar-refractivity contribution in [3.8, 4) is 5.75 Å². The van der Waals surface area contributed by atoms with Crippen molar-refractivity contribution in [2.45, 2.75) is 24.9 Å². The highest BCUT2D eigenvalue weighted by Gasteiger charge is 2.42. The Balaban J connectivity index is 1.78. The van der Waals surface area contributed by atoms with Gasteiger partial charge in [-0.3, -0.25) is 9.59 Å². The largest absolute Gasteiger partial charge is 0.508 e. The zero-order valence-electron chi connectivity index (χ0n) is 14.4. The van der Waals surface area contributed by atoms with Crippen molar-refractivity contribution in [2.24, 2.45) is 0 Å². The molecule has 0 unspecified atom stereocenters. The van der Waals surface area contributed by atoms with Gasteiger partial charge in [0.05, 0.1) is 0 Å². The van der Waals surface area contributed by atoms with Gasteiger partial charge < -0.3 is 14.9 Å². The Labute approximate surface area is 147 Å². The molecule has 2 amide bonds. The molecule has 130 valence electrons. The minimum atomic E-state index is -0.519. The van der Waals surface area contributed by atoms with Crippen LogP contribution in [0.3, 0.4) is 0 Å². The maximum atomic E-state index is 12.8. The van der Waals surface area contributed by atoms with E-state index in [1.54, 1.807) is 48.2 Å². The molecule has 2 atom stereocenters. The SMILES string of the molecule is CN1C(=O)[C@H](Cc2ccc(O)cc2)N(C)C(=O)[C@@H]1Cc1ccccc1. The Bertz CT molecular complexity index is 758. The average molecular weight is 338 g/mol. The number of aromatic hydroxyl groups is 1. The molecule has 5 nitrogen and oxygen atoms in total. The van der Waals surface area contributed by atoms with Crippen LogP contribution in [0.1, 0.15) is 11.1 Å². The number of piperazine rings is 1. The molecule has 25 heavy (non-hydrogen) atoms. The molecule has 5 heteroatoms. The summed E-state index contributed by atoms with van der Waals surface area (Å²) in [5.41, 5.74) is 1.94. The van der Waals surface area contributed by atoms with Crippen molar-refractivity contribution in [1.82, 2.24) is 9.80 Å². The Morgan fingerprint density at radius 3 is 1.68 bits per heavy atom. The fourth-order valence-corrected chi connectivity index (χ4v) is 3.25. The number of amides is 2. The summed E-state index contributed by atoms with van der Waals surface area (Å²) < 4.78 is 0. The normalized spacial score (nSPS) is 20.9. The molecule has 0 aromatic heterocycles. The highest BCUT2D eigenvalue weighted by Crippen LogP contribution is 2.22. The maximum absolute atomic E-state index is 12.8. The Morgan fingerprint density at radius 1 is 0.760 bits per heavy atom. The summed E-state index contributed by atoms with van der Waals surface area (Å²) in [6.45, 7) is 0. The summed E-state index contributed by atoms with van der Waals surface area (Å²) in [6.07, 6.45) is 0.946. The molecule has 1 aliphatic rings. The first-order chi connectivity index (χ1) is 12.0. The van der Waals surface area contributed by atoms with Crippen LogP contribution in [0.2, 0.25) is 0 Å². The van der Waals surface area contributed by atoms with Gasteiger partial charge in [-0.05, 0) is 23.3 Å². The van der Waals surface area contributed by atoms with Crippen molar-refractivity contribution in [2.75, 3.05) is 14.1 Å². The van der Waals surface area contributed by atoms with Gasteiger partial charge in [0, 0.05) is 26.9 Å². The lowest BCUT2D eigenvalue weighted by Gasteiger charge is -2.42. The number of hydrogen-bond donors (Lipinski definition) is 1. The Morgan fingerprint density at radius 2 is 1.20 bits per heavy atom. The molecule has 1 N–H and O–H groups in total. The van der Waals surface area contributed by atoms with Crippen LogP contribution in [-0.2, 0) is 22.4 Å². The number of likely N-dealkylation sites (N-methyl/N-ethyl adjacent to an activating group) is 2. The Kier molecular flexibility index (Phi) is 4.74. The van der Waals surface area contributed by atoms with Crippen LogP contribution in [0.5, 0.6) is 5.75 Å². The van der Waals surface area contributed by atoms with E-state index in [2.05, 4.69) is 0 Å². The second kappa shape index (κ2) is 6.97. The number of carbonyl (C=O) groups excluding carboxylic acids is 2. The molecule has 1 fully saturated rings. The van der Waals surface area contributed by atoms with Crippen LogP contribution in [0.4, 0.5) is 0 Å². The summed E-state index contributed by atoms with van der Waals surface area (Å²) in [5.74, 6) is 0.0778. The predicted octanol–water partition coefficient (Wildman–Crippen LogP) is 1.84. The van der Waals surface area contributed by atoms with Gasteiger partial charge in [0.1, 0.15) is 17.8 Å². The van der Waals surface area contributed by atoms with Crippen LogP contribution in [0.15, 0.2) is 54.6 Å². The van der Waals surface area contributed by atoms with Crippen molar-refractivity contribution >= 4 is 11.8 Å². The average Bonchev–Trinajstić information content (AvgIpc) is 2.63. The third kappa shape index (κ3) is 3.50. The lowest BCUT2D eigenvalue weighted by molar-refractivity contribution is -0.158. The molecule has 1 heterocycles. The molecule has 0 saturated carbocycles. The van der Waals surface area contributed by atoms with E-state index >= 15 is 0 Å². The number of rotatable bonds is 4. The molecule has 0 radical (unpaired) electrons. The van der Waals surface area contributed by atoms with Crippen LogP contribution in [-0.4, -0.2) is 52.9 Å². The van der Waals surface area contributed by atoms with Gasteiger partial charge in [0.15, 0.2) is 0 Å². The van der Waals surface area contributed by atoms with Gasteiger partial charge in [0.25, 0.3) is 0 Å². The number of carbonyl (C=O) groups is 2. The van der Waals surface area contributed by atoms with Gasteiger partial charge in [-0.15, -0.1) is 0 Å². The lowest BCUT2D eigenvalue weighted by atomic mass is 9.95. The third-order valence-electron chi connectivity index (χ3n) is 4.84. The maximum Gasteiger partial charge on any atom is 0.246 e. The first-order valence-corrected chi connectivity index (χ1v) is 8.32. The number of nitrogens with zero attached hydrogens (tertiary/aromatic N) is 2. The zero-order chi connectivity index (χ0) is 18.0. The first-order valence-electron chi connectivity index (χ1n) is 8.32. The molecule has 1 saturated heterocycles. The van der Waals surface area contributed by atoms with E-state index in [4.69, 9.17) is 0 Å². The van der Waals surface area contributed by atoms with E-state index in [9.17, 15) is 14.7 Å². The lowest BCUT2D eigenvalue weighted by Crippen LogP contribution is -2.63. The molecule has 3 rings (SSSR count). The molecule has 0 bridgehead atoms. The van der Waals surface area contributed by atoms with E-state index in [1.807, 2.05) is 30.3 Å². The van der Waals surface area contributed by atoms with Crippen LogP contribution < -0.4 is 0 Å². The minimum Gasteiger partial charge on any atom is -0.508 e. The highest BCUT2D eigenvalue weighted by atomic mass is 16.3. The molecule has 2 aromatic rings. The van der Waals surface area contributed by atoms with Gasteiger partial charge in [-0.1, -0.05) is 42.5 Å². The van der Waals surface area contributed by atoms with Gasteiger partial charge in [0.2, 0.25) is 11.8 Å². The summed E-state index contributed by atoms with van der Waals surface area (Å²) in [6, 6.07) is 15.5. The fourth-order valence-electron chi connectivity index (χ4n) is 3.25. The quantitative estimate of drug-likeness (QED) is 0.925. The minimum absolute atomic E-state index is 0.0465. The van der Waals surface area contributed by atoms with E-state index in [0.29, 0.717) is 12.8 Å². The van der Waals surface area contributed by atoms with Gasteiger partial charge in [-0.2, -0.15) is 0 Å². The third-order valence-corrected chi connectivity index (χ3v) is 4.84. The molecule has 2 aromatic carbocycles. The van der Waals surface area contributed by atoms with Crippen LogP contribution in [0, 0.1) is 0 Å². The summed E-state index contributed by atoms with van der Waals surface area (Å²) in [7, 11) is 3.39. The number of phenolic OH excluding ortho intramolecular Hbond substituents is 1. The molecule has 0 aliphatic carbocycles. The van der Waals surface area contributed by atoms with Crippen molar-refractivity contribution < 1.29 is 14.7 Å². The second-order valence-corrected chi connectivity index (χ2v) is 6.49. The van der Waals surface area contributed by atoms with Crippen LogP contribution >= 0.6 is 0 Å². The van der Waals surface area contributed by atoms with Gasteiger partial charge in [-0.25, -0.2) is 0 Å². The summed E-state index contributed by atoms with van der Waals surface area (Å²) in [4.78, 5) is 28.8. The molecular formula is C20H22N2O3. The first kappa shape index (κ1) is 17.0. The van der Waals surface area contributed by atoms with Crippen molar-refractivity contribution in [3.05, 3.63) is 65.7 Å². The van der Waals surface area contributed by atoms with Gasteiger partial charge >= 0.3 is 0 Å². The molecule has 1 aliphatic heterocycles. The van der Waals surface area contributed by atoms with Crippen molar-refractivity contribution in [1.29, 1.82) is 0 Å². The standard InChI is InChI=1S/C20H22N2O3/c1-21-17(12-14-6-4-3-5-7-14)19(24)22(2)18(20(21)25)13-15-8-10-16(23)11-9-15/h3-11,17-18,23H,12-13H2,1-2H3/t17-,18-/m0/s1. The highest BCUT2D eigenvalue weighted by molar-refractivity contribution is 5.97. The molecular weight excluding hydrogens is 316 g/mol. The Hall–Kier alpha value is -2.82. The predicted molar refractivity (Wildman–Crippen MR) is 95.1 cm³/mol.